The zero-order valence-electron chi connectivity index (χ0n) is 7.43. The van der Waals surface area contributed by atoms with Gasteiger partial charge in [-0.25, -0.2) is 0 Å². The molecule has 0 aliphatic carbocycles. The van der Waals surface area contributed by atoms with Crippen molar-refractivity contribution < 1.29 is 10.2 Å². The SMILES string of the molecule is OCC(/C=C/c1ccccc1)CO. The lowest BCUT2D eigenvalue weighted by atomic mass is 10.1. The van der Waals surface area contributed by atoms with E-state index in [0.29, 0.717) is 0 Å². The smallest absolute Gasteiger partial charge is 0.0515 e. The van der Waals surface area contributed by atoms with Gasteiger partial charge in [0.2, 0.25) is 0 Å². The molecule has 0 aliphatic heterocycles. The van der Waals surface area contributed by atoms with Gasteiger partial charge in [-0.05, 0) is 5.56 Å². The minimum Gasteiger partial charge on any atom is -0.396 e. The van der Waals surface area contributed by atoms with E-state index >= 15 is 0 Å². The summed E-state index contributed by atoms with van der Waals surface area (Å²) in [6.45, 7) is -0.0281. The molecule has 0 heterocycles. The Balaban J connectivity index is 2.57. The molecule has 1 aromatic rings. The molecule has 0 unspecified atom stereocenters. The largest absolute Gasteiger partial charge is 0.396 e. The molecule has 1 aromatic carbocycles. The number of aliphatic hydroxyl groups excluding tert-OH is 2. The second-order valence-electron chi connectivity index (χ2n) is 2.90. The highest BCUT2D eigenvalue weighted by Crippen LogP contribution is 2.04. The van der Waals surface area contributed by atoms with Crippen LogP contribution in [0, 0.1) is 5.92 Å². The van der Waals surface area contributed by atoms with Crippen LogP contribution in [0.4, 0.5) is 0 Å². The maximum absolute atomic E-state index is 8.79. The zero-order valence-corrected chi connectivity index (χ0v) is 7.43. The molecule has 2 nitrogen and oxygen atoms in total. The van der Waals surface area contributed by atoms with Crippen molar-refractivity contribution in [2.45, 2.75) is 0 Å². The van der Waals surface area contributed by atoms with E-state index in [1.54, 1.807) is 0 Å². The summed E-state index contributed by atoms with van der Waals surface area (Å²) in [7, 11) is 0. The molecule has 13 heavy (non-hydrogen) atoms. The van der Waals surface area contributed by atoms with Crippen LogP contribution in [0.1, 0.15) is 5.56 Å². The van der Waals surface area contributed by atoms with Gasteiger partial charge in [0.05, 0.1) is 13.2 Å². The third kappa shape index (κ3) is 3.40. The highest BCUT2D eigenvalue weighted by atomic mass is 16.3. The van der Waals surface area contributed by atoms with Crippen molar-refractivity contribution in [1.29, 1.82) is 0 Å². The average Bonchev–Trinajstić information content (AvgIpc) is 2.21. The second-order valence-corrected chi connectivity index (χ2v) is 2.90. The third-order valence-corrected chi connectivity index (χ3v) is 1.83. The Morgan fingerprint density at radius 3 is 2.23 bits per heavy atom. The molecular formula is C11H14O2. The summed E-state index contributed by atoms with van der Waals surface area (Å²) in [5.41, 5.74) is 1.08. The van der Waals surface area contributed by atoms with E-state index in [0.717, 1.165) is 5.56 Å². The molecule has 0 spiro atoms. The fourth-order valence-electron chi connectivity index (χ4n) is 0.991. The summed E-state index contributed by atoms with van der Waals surface area (Å²) in [6, 6.07) is 9.80. The quantitative estimate of drug-likeness (QED) is 0.729. The molecule has 0 amide bonds. The summed E-state index contributed by atoms with van der Waals surface area (Å²) in [4.78, 5) is 0. The Morgan fingerprint density at radius 2 is 1.69 bits per heavy atom. The van der Waals surface area contributed by atoms with Crippen molar-refractivity contribution in [3.63, 3.8) is 0 Å². The molecule has 0 bridgehead atoms. The fraction of sp³-hybridized carbons (Fsp3) is 0.273. The van der Waals surface area contributed by atoms with Gasteiger partial charge in [0.1, 0.15) is 0 Å². The van der Waals surface area contributed by atoms with Crippen molar-refractivity contribution in [1.82, 2.24) is 0 Å². The van der Waals surface area contributed by atoms with E-state index in [1.165, 1.54) is 0 Å². The minimum absolute atomic E-state index is 0.0141. The molecule has 2 N–H and O–H groups in total. The van der Waals surface area contributed by atoms with Gasteiger partial charge in [0.25, 0.3) is 0 Å². The molecule has 2 heteroatoms. The van der Waals surface area contributed by atoms with Crippen LogP contribution in [-0.4, -0.2) is 23.4 Å². The van der Waals surface area contributed by atoms with Crippen molar-refractivity contribution in [3.8, 4) is 0 Å². The van der Waals surface area contributed by atoms with Gasteiger partial charge < -0.3 is 10.2 Å². The molecular weight excluding hydrogens is 164 g/mol. The third-order valence-electron chi connectivity index (χ3n) is 1.83. The summed E-state index contributed by atoms with van der Waals surface area (Å²) in [5.74, 6) is -0.153. The Labute approximate surface area is 78.2 Å². The Bertz CT molecular complexity index is 250. The molecule has 0 fully saturated rings. The van der Waals surface area contributed by atoms with Gasteiger partial charge in [-0.2, -0.15) is 0 Å². The zero-order chi connectivity index (χ0) is 9.52. The van der Waals surface area contributed by atoms with Crippen LogP contribution >= 0.6 is 0 Å². The Morgan fingerprint density at radius 1 is 1.08 bits per heavy atom. The van der Waals surface area contributed by atoms with E-state index < -0.39 is 0 Å². The summed E-state index contributed by atoms with van der Waals surface area (Å²) < 4.78 is 0. The van der Waals surface area contributed by atoms with Crippen molar-refractivity contribution in [2.24, 2.45) is 5.92 Å². The van der Waals surface area contributed by atoms with Crippen LogP contribution in [0.25, 0.3) is 6.08 Å². The second kappa shape index (κ2) is 5.51. The molecule has 0 aliphatic rings. The van der Waals surface area contributed by atoms with Crippen molar-refractivity contribution in [3.05, 3.63) is 42.0 Å². The molecule has 0 atom stereocenters. The average molecular weight is 178 g/mol. The van der Waals surface area contributed by atoms with Gasteiger partial charge >= 0.3 is 0 Å². The topological polar surface area (TPSA) is 40.5 Å². The van der Waals surface area contributed by atoms with Crippen molar-refractivity contribution in [2.75, 3.05) is 13.2 Å². The summed E-state index contributed by atoms with van der Waals surface area (Å²) in [6.07, 6.45) is 3.71. The lowest BCUT2D eigenvalue weighted by Crippen LogP contribution is -2.06. The maximum atomic E-state index is 8.79. The number of benzene rings is 1. The van der Waals surface area contributed by atoms with Crippen LogP contribution in [0.15, 0.2) is 36.4 Å². The monoisotopic (exact) mass is 178 g/mol. The lowest BCUT2D eigenvalue weighted by Gasteiger charge is -2.02. The van der Waals surface area contributed by atoms with Crippen LogP contribution < -0.4 is 0 Å². The van der Waals surface area contributed by atoms with Crippen LogP contribution in [0.3, 0.4) is 0 Å². The lowest BCUT2D eigenvalue weighted by molar-refractivity contribution is 0.178. The first kappa shape index (κ1) is 9.96. The van der Waals surface area contributed by atoms with Gasteiger partial charge in [-0.3, -0.25) is 0 Å². The van der Waals surface area contributed by atoms with Gasteiger partial charge in [0.15, 0.2) is 0 Å². The van der Waals surface area contributed by atoms with Gasteiger partial charge in [-0.15, -0.1) is 0 Å². The van der Waals surface area contributed by atoms with E-state index in [9.17, 15) is 0 Å². The number of hydrogen-bond donors (Lipinski definition) is 2. The van der Waals surface area contributed by atoms with Crippen LogP contribution in [0.5, 0.6) is 0 Å². The van der Waals surface area contributed by atoms with E-state index in [2.05, 4.69) is 0 Å². The fourth-order valence-corrected chi connectivity index (χ4v) is 0.991. The Kier molecular flexibility index (Phi) is 4.23. The molecule has 0 saturated carbocycles. The first-order chi connectivity index (χ1) is 6.36. The predicted molar refractivity (Wildman–Crippen MR) is 53.1 cm³/mol. The predicted octanol–water partition coefficient (Wildman–Crippen LogP) is 1.30. The first-order valence-corrected chi connectivity index (χ1v) is 4.31. The van der Waals surface area contributed by atoms with E-state index in [1.807, 2.05) is 42.5 Å². The number of rotatable bonds is 4. The molecule has 0 radical (unpaired) electrons. The summed E-state index contributed by atoms with van der Waals surface area (Å²) >= 11 is 0. The highest BCUT2D eigenvalue weighted by Gasteiger charge is 1.98. The van der Waals surface area contributed by atoms with Crippen LogP contribution in [0.2, 0.25) is 0 Å². The summed E-state index contributed by atoms with van der Waals surface area (Å²) in [5, 5.41) is 17.6. The molecule has 1 rings (SSSR count). The normalized spacial score (nSPS) is 11.3. The number of hydrogen-bond acceptors (Lipinski definition) is 2. The maximum Gasteiger partial charge on any atom is 0.0515 e. The van der Waals surface area contributed by atoms with E-state index in [-0.39, 0.29) is 19.1 Å². The minimum atomic E-state index is -0.153. The molecule has 0 saturated heterocycles. The molecule has 0 aromatic heterocycles. The van der Waals surface area contributed by atoms with Gasteiger partial charge in [-0.1, -0.05) is 42.5 Å². The van der Waals surface area contributed by atoms with E-state index in [4.69, 9.17) is 10.2 Å². The first-order valence-electron chi connectivity index (χ1n) is 4.31. The Hall–Kier alpha value is -1.12. The molecule has 70 valence electrons. The highest BCUT2D eigenvalue weighted by molar-refractivity contribution is 5.48. The standard InChI is InChI=1S/C11H14O2/c12-8-11(9-13)7-6-10-4-2-1-3-5-10/h1-7,11-13H,8-9H2/b7-6+. The van der Waals surface area contributed by atoms with Crippen molar-refractivity contribution >= 4 is 6.08 Å². The van der Waals surface area contributed by atoms with Gasteiger partial charge in [0, 0.05) is 5.92 Å². The number of aliphatic hydroxyl groups is 2. The van der Waals surface area contributed by atoms with Crippen LogP contribution in [-0.2, 0) is 0 Å².